The van der Waals surface area contributed by atoms with E-state index in [0.29, 0.717) is 5.96 Å². The molecule has 7 heteroatoms. The minimum atomic E-state index is -4.12. The van der Waals surface area contributed by atoms with Crippen LogP contribution in [0.15, 0.2) is 4.99 Å². The van der Waals surface area contributed by atoms with Crippen LogP contribution in [0.25, 0.3) is 0 Å². The first-order valence-corrected chi connectivity index (χ1v) is 8.25. The zero-order valence-corrected chi connectivity index (χ0v) is 13.5. The molecule has 2 N–H and O–H groups in total. The highest BCUT2D eigenvalue weighted by Crippen LogP contribution is 2.18. The number of guanidine groups is 1. The van der Waals surface area contributed by atoms with E-state index in [1.54, 1.807) is 7.05 Å². The van der Waals surface area contributed by atoms with E-state index in [0.717, 1.165) is 19.4 Å². The van der Waals surface area contributed by atoms with Gasteiger partial charge in [0.2, 0.25) is 0 Å². The molecule has 0 radical (unpaired) electrons. The molecule has 130 valence electrons. The molecule has 0 aromatic carbocycles. The van der Waals surface area contributed by atoms with Gasteiger partial charge in [-0.3, -0.25) is 4.99 Å². The fourth-order valence-corrected chi connectivity index (χ4v) is 2.57. The van der Waals surface area contributed by atoms with Crippen molar-refractivity contribution < 1.29 is 13.2 Å². The molecule has 1 rings (SSSR count). The van der Waals surface area contributed by atoms with Crippen molar-refractivity contribution in [1.29, 1.82) is 0 Å². The van der Waals surface area contributed by atoms with E-state index in [9.17, 15) is 13.2 Å². The minimum Gasteiger partial charge on any atom is -0.356 e. The predicted octanol–water partition coefficient (Wildman–Crippen LogP) is 2.76. The average Bonchev–Trinajstić information content (AvgIpc) is 2.48. The van der Waals surface area contributed by atoms with Crippen molar-refractivity contribution in [1.82, 2.24) is 15.5 Å². The summed E-state index contributed by atoms with van der Waals surface area (Å²) < 4.78 is 36.2. The largest absolute Gasteiger partial charge is 0.390 e. The van der Waals surface area contributed by atoms with E-state index in [4.69, 9.17) is 0 Å². The molecule has 1 fully saturated rings. The van der Waals surface area contributed by atoms with Gasteiger partial charge in [-0.05, 0) is 45.3 Å². The number of piperidine rings is 1. The van der Waals surface area contributed by atoms with Gasteiger partial charge in [-0.25, -0.2) is 0 Å². The Labute approximate surface area is 131 Å². The Morgan fingerprint density at radius 2 is 1.68 bits per heavy atom. The van der Waals surface area contributed by atoms with Gasteiger partial charge in [-0.1, -0.05) is 12.8 Å². The van der Waals surface area contributed by atoms with Crippen LogP contribution < -0.4 is 10.6 Å². The molecular formula is C15H29F3N4. The monoisotopic (exact) mass is 322 g/mol. The molecule has 0 spiro atoms. The van der Waals surface area contributed by atoms with Crippen LogP contribution in [0.3, 0.4) is 0 Å². The number of alkyl halides is 3. The standard InChI is InChI=1S/C15H29F3N4/c1-19-14(21-10-8-15(16,17)18)20-9-4-2-5-11-22-12-6-3-7-13-22/h2-13H2,1H3,(H2,19,20,21). The Kier molecular flexibility index (Phi) is 9.27. The van der Waals surface area contributed by atoms with E-state index in [1.807, 2.05) is 0 Å². The molecule has 0 unspecified atom stereocenters. The van der Waals surface area contributed by atoms with Gasteiger partial charge in [0.25, 0.3) is 0 Å². The molecule has 0 amide bonds. The molecule has 0 bridgehead atoms. The van der Waals surface area contributed by atoms with E-state index < -0.39 is 12.6 Å². The SMILES string of the molecule is CN=C(NCCCCCN1CCCCC1)NCCC(F)(F)F. The third-order valence-electron chi connectivity index (χ3n) is 3.82. The van der Waals surface area contributed by atoms with Gasteiger partial charge in [0.1, 0.15) is 0 Å². The number of aliphatic imine (C=N–C) groups is 1. The molecule has 4 nitrogen and oxygen atoms in total. The first-order valence-electron chi connectivity index (χ1n) is 8.25. The van der Waals surface area contributed by atoms with Gasteiger partial charge in [0.15, 0.2) is 5.96 Å². The fraction of sp³-hybridized carbons (Fsp3) is 0.933. The van der Waals surface area contributed by atoms with E-state index in [2.05, 4.69) is 20.5 Å². The molecule has 1 saturated heterocycles. The summed E-state index contributed by atoms with van der Waals surface area (Å²) in [7, 11) is 1.57. The smallest absolute Gasteiger partial charge is 0.356 e. The minimum absolute atomic E-state index is 0.141. The maximum Gasteiger partial charge on any atom is 0.390 e. The zero-order valence-electron chi connectivity index (χ0n) is 13.5. The molecule has 0 aliphatic carbocycles. The number of nitrogens with one attached hydrogen (secondary N) is 2. The number of halogens is 3. The van der Waals surface area contributed by atoms with Crippen LogP contribution >= 0.6 is 0 Å². The summed E-state index contributed by atoms with van der Waals surface area (Å²) >= 11 is 0. The number of nitrogens with zero attached hydrogens (tertiary/aromatic N) is 2. The Morgan fingerprint density at radius 3 is 2.32 bits per heavy atom. The van der Waals surface area contributed by atoms with Gasteiger partial charge in [-0.15, -0.1) is 0 Å². The van der Waals surface area contributed by atoms with Gasteiger partial charge in [0, 0.05) is 20.1 Å². The predicted molar refractivity (Wildman–Crippen MR) is 84.2 cm³/mol. The van der Waals surface area contributed by atoms with Crippen molar-refractivity contribution in [2.45, 2.75) is 51.1 Å². The molecule has 1 heterocycles. The lowest BCUT2D eigenvalue weighted by atomic mass is 10.1. The normalized spacial score (nSPS) is 17.5. The second kappa shape index (κ2) is 10.7. The number of hydrogen-bond acceptors (Lipinski definition) is 2. The van der Waals surface area contributed by atoms with E-state index in [-0.39, 0.29) is 6.54 Å². The van der Waals surface area contributed by atoms with Crippen LogP contribution in [-0.2, 0) is 0 Å². The molecule has 0 aromatic heterocycles. The summed E-state index contributed by atoms with van der Waals surface area (Å²) in [5.74, 6) is 0.445. The Balaban J connectivity index is 1.97. The fourth-order valence-electron chi connectivity index (χ4n) is 2.57. The van der Waals surface area contributed by atoms with E-state index >= 15 is 0 Å². The third kappa shape index (κ3) is 9.87. The summed E-state index contributed by atoms with van der Waals surface area (Å²) in [6.07, 6.45) is 2.35. The highest BCUT2D eigenvalue weighted by atomic mass is 19.4. The Bertz CT molecular complexity index is 312. The lowest BCUT2D eigenvalue weighted by Gasteiger charge is -2.26. The summed E-state index contributed by atoms with van der Waals surface area (Å²) in [6, 6.07) is 0. The second-order valence-corrected chi connectivity index (χ2v) is 5.75. The van der Waals surface area contributed by atoms with Crippen LogP contribution in [0.4, 0.5) is 13.2 Å². The first kappa shape index (κ1) is 19.1. The number of rotatable bonds is 8. The number of likely N-dealkylation sites (tertiary alicyclic amines) is 1. The molecule has 22 heavy (non-hydrogen) atoms. The lowest BCUT2D eigenvalue weighted by molar-refractivity contribution is -0.132. The highest BCUT2D eigenvalue weighted by Gasteiger charge is 2.26. The molecule has 0 saturated carbocycles. The Morgan fingerprint density at radius 1 is 1.00 bits per heavy atom. The van der Waals surface area contributed by atoms with Gasteiger partial charge < -0.3 is 15.5 Å². The van der Waals surface area contributed by atoms with Crippen LogP contribution in [0.5, 0.6) is 0 Å². The van der Waals surface area contributed by atoms with Crippen molar-refractivity contribution in [3.8, 4) is 0 Å². The van der Waals surface area contributed by atoms with Crippen molar-refractivity contribution in [3.05, 3.63) is 0 Å². The first-order chi connectivity index (χ1) is 10.5. The highest BCUT2D eigenvalue weighted by molar-refractivity contribution is 5.79. The molecule has 1 aliphatic rings. The van der Waals surface area contributed by atoms with Crippen molar-refractivity contribution in [3.63, 3.8) is 0 Å². The number of hydrogen-bond donors (Lipinski definition) is 2. The lowest BCUT2D eigenvalue weighted by Crippen LogP contribution is -2.39. The van der Waals surface area contributed by atoms with Gasteiger partial charge in [0.05, 0.1) is 6.42 Å². The number of unbranched alkanes of at least 4 members (excludes halogenated alkanes) is 2. The van der Waals surface area contributed by atoms with Crippen molar-refractivity contribution in [2.24, 2.45) is 4.99 Å². The molecule has 0 aromatic rings. The molecule has 1 aliphatic heterocycles. The van der Waals surface area contributed by atoms with Crippen molar-refractivity contribution in [2.75, 3.05) is 39.8 Å². The summed E-state index contributed by atoms with van der Waals surface area (Å²) in [4.78, 5) is 6.44. The van der Waals surface area contributed by atoms with Crippen LogP contribution in [0.1, 0.15) is 44.9 Å². The summed E-state index contributed by atoms with van der Waals surface area (Å²) in [5.41, 5.74) is 0. The van der Waals surface area contributed by atoms with Crippen LogP contribution in [0, 0.1) is 0 Å². The maximum atomic E-state index is 12.1. The summed E-state index contributed by atoms with van der Waals surface area (Å²) in [6.45, 7) is 4.23. The zero-order chi connectivity index (χ0) is 16.3. The van der Waals surface area contributed by atoms with E-state index in [1.165, 1.54) is 45.3 Å². The average molecular weight is 322 g/mol. The topological polar surface area (TPSA) is 39.7 Å². The van der Waals surface area contributed by atoms with Crippen LogP contribution in [-0.4, -0.2) is 56.8 Å². The third-order valence-corrected chi connectivity index (χ3v) is 3.82. The molecular weight excluding hydrogens is 293 g/mol. The quantitative estimate of drug-likeness (QED) is 0.410. The van der Waals surface area contributed by atoms with Crippen molar-refractivity contribution >= 4 is 5.96 Å². The second-order valence-electron chi connectivity index (χ2n) is 5.75. The molecule has 0 atom stereocenters. The van der Waals surface area contributed by atoms with Crippen LogP contribution in [0.2, 0.25) is 0 Å². The van der Waals surface area contributed by atoms with Gasteiger partial charge >= 0.3 is 6.18 Å². The Hall–Kier alpha value is -0.980. The summed E-state index contributed by atoms with van der Waals surface area (Å²) in [5, 5.41) is 5.73. The van der Waals surface area contributed by atoms with Gasteiger partial charge in [-0.2, -0.15) is 13.2 Å². The maximum absolute atomic E-state index is 12.1.